The lowest BCUT2D eigenvalue weighted by atomic mass is 10.1. The van der Waals surface area contributed by atoms with Crippen LogP contribution in [0.1, 0.15) is 23.5 Å². The molecular weight excluding hydrogens is 366 g/mol. The van der Waals surface area contributed by atoms with Crippen molar-refractivity contribution in [2.24, 2.45) is 0 Å². The zero-order valence-corrected chi connectivity index (χ0v) is 14.9. The molecule has 1 saturated heterocycles. The van der Waals surface area contributed by atoms with Gasteiger partial charge in [-0.3, -0.25) is 4.79 Å². The molecule has 4 rings (SSSR count). The smallest absolute Gasteiger partial charge is 0.333 e. The topological polar surface area (TPSA) is 75.9 Å². The van der Waals surface area contributed by atoms with Crippen LogP contribution in [-0.4, -0.2) is 44.8 Å². The van der Waals surface area contributed by atoms with E-state index < -0.39 is 12.5 Å². The van der Waals surface area contributed by atoms with Crippen molar-refractivity contribution in [2.75, 3.05) is 18.0 Å². The molecule has 0 saturated carbocycles. The van der Waals surface area contributed by atoms with Gasteiger partial charge in [-0.25, -0.2) is 14.6 Å². The van der Waals surface area contributed by atoms with Gasteiger partial charge >= 0.3 is 6.55 Å². The standard InChI is InChI=1S/C19H18F2N6O/c20-18(21)27-11-8-16(25-27)17(28)23-14-7-10-26(12-14)19-22-9-6-15(24-19)13-4-2-1-3-5-13/h1-6,8-9,11,14,18H,7,10,12H2,(H,23,28). The van der Waals surface area contributed by atoms with Crippen molar-refractivity contribution in [3.05, 3.63) is 60.6 Å². The molecule has 1 unspecified atom stereocenters. The lowest BCUT2D eigenvalue weighted by Crippen LogP contribution is -2.37. The number of aromatic nitrogens is 4. The average molecular weight is 384 g/mol. The Balaban J connectivity index is 1.41. The largest absolute Gasteiger partial charge is 0.346 e. The Morgan fingerprint density at radius 1 is 1.18 bits per heavy atom. The Bertz CT molecular complexity index is 962. The molecule has 0 bridgehead atoms. The van der Waals surface area contributed by atoms with Crippen molar-refractivity contribution >= 4 is 11.9 Å². The first-order valence-corrected chi connectivity index (χ1v) is 8.88. The highest BCUT2D eigenvalue weighted by Gasteiger charge is 2.27. The highest BCUT2D eigenvalue weighted by Crippen LogP contribution is 2.21. The Morgan fingerprint density at radius 2 is 2.00 bits per heavy atom. The minimum atomic E-state index is -2.77. The summed E-state index contributed by atoms with van der Waals surface area (Å²) in [6.07, 6.45) is 3.51. The molecule has 1 amide bonds. The number of nitrogens with one attached hydrogen (secondary N) is 1. The quantitative estimate of drug-likeness (QED) is 0.732. The molecule has 0 spiro atoms. The van der Waals surface area contributed by atoms with E-state index in [-0.39, 0.29) is 11.7 Å². The van der Waals surface area contributed by atoms with Crippen LogP contribution in [0.2, 0.25) is 0 Å². The van der Waals surface area contributed by atoms with Gasteiger partial charge in [0.2, 0.25) is 5.95 Å². The molecule has 3 heterocycles. The van der Waals surface area contributed by atoms with Crippen molar-refractivity contribution in [1.29, 1.82) is 0 Å². The number of hydrogen-bond acceptors (Lipinski definition) is 5. The third-order valence-corrected chi connectivity index (χ3v) is 4.56. The highest BCUT2D eigenvalue weighted by atomic mass is 19.3. The maximum absolute atomic E-state index is 12.6. The van der Waals surface area contributed by atoms with Crippen LogP contribution in [0.4, 0.5) is 14.7 Å². The van der Waals surface area contributed by atoms with Crippen molar-refractivity contribution in [3.8, 4) is 11.3 Å². The first kappa shape index (κ1) is 18.0. The van der Waals surface area contributed by atoms with E-state index >= 15 is 0 Å². The van der Waals surface area contributed by atoms with Gasteiger partial charge in [0.15, 0.2) is 0 Å². The fourth-order valence-corrected chi connectivity index (χ4v) is 3.16. The molecule has 1 aliphatic rings. The van der Waals surface area contributed by atoms with Crippen molar-refractivity contribution < 1.29 is 13.6 Å². The van der Waals surface area contributed by atoms with Gasteiger partial charge in [-0.15, -0.1) is 0 Å². The second-order valence-electron chi connectivity index (χ2n) is 6.47. The summed E-state index contributed by atoms with van der Waals surface area (Å²) < 4.78 is 25.6. The Morgan fingerprint density at radius 3 is 2.75 bits per heavy atom. The van der Waals surface area contributed by atoms with Crippen LogP contribution < -0.4 is 10.2 Å². The lowest BCUT2D eigenvalue weighted by molar-refractivity contribution is 0.0559. The summed E-state index contributed by atoms with van der Waals surface area (Å²) in [6, 6.07) is 12.8. The molecule has 2 aromatic heterocycles. The molecule has 144 valence electrons. The maximum Gasteiger partial charge on any atom is 0.333 e. The van der Waals surface area contributed by atoms with E-state index in [0.717, 1.165) is 17.5 Å². The second kappa shape index (κ2) is 7.71. The highest BCUT2D eigenvalue weighted by molar-refractivity contribution is 5.92. The molecule has 1 fully saturated rings. The fraction of sp³-hybridized carbons (Fsp3) is 0.263. The van der Waals surface area contributed by atoms with Gasteiger partial charge in [0.1, 0.15) is 5.69 Å². The van der Waals surface area contributed by atoms with E-state index in [2.05, 4.69) is 20.4 Å². The van der Waals surface area contributed by atoms with E-state index in [0.29, 0.717) is 30.1 Å². The number of nitrogens with zero attached hydrogens (tertiary/aromatic N) is 5. The number of anilines is 1. The maximum atomic E-state index is 12.6. The molecule has 9 heteroatoms. The molecule has 1 aromatic carbocycles. The molecule has 1 aliphatic heterocycles. The number of rotatable bonds is 5. The van der Waals surface area contributed by atoms with Crippen molar-refractivity contribution in [2.45, 2.75) is 19.0 Å². The predicted octanol–water partition coefficient (Wildman–Crippen LogP) is 2.74. The first-order chi connectivity index (χ1) is 13.6. The summed E-state index contributed by atoms with van der Waals surface area (Å²) in [5, 5.41) is 6.43. The summed E-state index contributed by atoms with van der Waals surface area (Å²) in [5.74, 6) is 0.130. The summed E-state index contributed by atoms with van der Waals surface area (Å²) >= 11 is 0. The van der Waals surface area contributed by atoms with Gasteiger partial charge in [0.05, 0.1) is 5.69 Å². The van der Waals surface area contributed by atoms with Gasteiger partial charge in [0, 0.05) is 37.1 Å². The third kappa shape index (κ3) is 3.83. The summed E-state index contributed by atoms with van der Waals surface area (Å²) in [7, 11) is 0. The van der Waals surface area contributed by atoms with Gasteiger partial charge in [0.25, 0.3) is 5.91 Å². The molecule has 28 heavy (non-hydrogen) atoms. The summed E-state index contributed by atoms with van der Waals surface area (Å²) in [6.45, 7) is -1.54. The van der Waals surface area contributed by atoms with E-state index in [1.165, 1.54) is 6.07 Å². The number of carbonyl (C=O) groups is 1. The molecular formula is C19H18F2N6O. The SMILES string of the molecule is O=C(NC1CCN(c2nccc(-c3ccccc3)n2)C1)c1ccn(C(F)F)n1. The van der Waals surface area contributed by atoms with Crippen LogP contribution in [0.5, 0.6) is 0 Å². The van der Waals surface area contributed by atoms with E-state index in [1.807, 2.05) is 41.3 Å². The fourth-order valence-electron chi connectivity index (χ4n) is 3.16. The number of halogens is 2. The van der Waals surface area contributed by atoms with Crippen molar-refractivity contribution in [1.82, 2.24) is 25.1 Å². The number of hydrogen-bond donors (Lipinski definition) is 1. The molecule has 0 aliphatic carbocycles. The van der Waals surface area contributed by atoms with Crippen LogP contribution in [0.25, 0.3) is 11.3 Å². The monoisotopic (exact) mass is 384 g/mol. The van der Waals surface area contributed by atoms with E-state index in [9.17, 15) is 13.6 Å². The molecule has 3 aromatic rings. The zero-order chi connectivity index (χ0) is 19.5. The van der Waals surface area contributed by atoms with Crippen LogP contribution in [0, 0.1) is 0 Å². The van der Waals surface area contributed by atoms with E-state index in [4.69, 9.17) is 0 Å². The Hall–Kier alpha value is -3.36. The Kier molecular flexibility index (Phi) is 4.96. The van der Waals surface area contributed by atoms with Crippen molar-refractivity contribution in [3.63, 3.8) is 0 Å². The summed E-state index contributed by atoms with van der Waals surface area (Å²) in [5.41, 5.74) is 1.81. The first-order valence-electron chi connectivity index (χ1n) is 8.88. The van der Waals surface area contributed by atoms with Gasteiger partial charge in [-0.1, -0.05) is 30.3 Å². The number of amides is 1. The zero-order valence-electron chi connectivity index (χ0n) is 14.9. The molecule has 1 atom stereocenters. The molecule has 0 radical (unpaired) electrons. The Labute approximate surface area is 160 Å². The minimum absolute atomic E-state index is 0.0268. The summed E-state index contributed by atoms with van der Waals surface area (Å²) in [4.78, 5) is 23.2. The van der Waals surface area contributed by atoms with Crippen LogP contribution >= 0.6 is 0 Å². The lowest BCUT2D eigenvalue weighted by Gasteiger charge is -2.17. The minimum Gasteiger partial charge on any atom is -0.346 e. The number of benzene rings is 1. The second-order valence-corrected chi connectivity index (χ2v) is 6.47. The third-order valence-electron chi connectivity index (χ3n) is 4.56. The number of carbonyl (C=O) groups excluding carboxylic acids is 1. The van der Waals surface area contributed by atoms with Gasteiger partial charge in [-0.05, 0) is 18.6 Å². The van der Waals surface area contributed by atoms with Crippen LogP contribution in [0.15, 0.2) is 54.9 Å². The predicted molar refractivity (Wildman–Crippen MR) is 99.0 cm³/mol. The van der Waals surface area contributed by atoms with E-state index in [1.54, 1.807) is 6.20 Å². The van der Waals surface area contributed by atoms with Crippen LogP contribution in [0.3, 0.4) is 0 Å². The molecule has 7 nitrogen and oxygen atoms in total. The van der Waals surface area contributed by atoms with Gasteiger partial charge < -0.3 is 10.2 Å². The van der Waals surface area contributed by atoms with Crippen LogP contribution in [-0.2, 0) is 0 Å². The normalized spacial score (nSPS) is 16.5. The molecule has 1 N–H and O–H groups in total. The van der Waals surface area contributed by atoms with Gasteiger partial charge in [-0.2, -0.15) is 13.9 Å². The number of alkyl halides is 2. The average Bonchev–Trinajstić information content (AvgIpc) is 3.39.